The Kier molecular flexibility index (Phi) is 8.13. The van der Waals surface area contributed by atoms with Crippen molar-refractivity contribution in [2.24, 2.45) is 5.14 Å². The summed E-state index contributed by atoms with van der Waals surface area (Å²) in [6.07, 6.45) is -3.74. The molecule has 0 unspecified atom stereocenters. The van der Waals surface area contributed by atoms with Crippen LogP contribution in [0.2, 0.25) is 0 Å². The maximum atomic E-state index is 12.2. The van der Waals surface area contributed by atoms with E-state index in [1.807, 2.05) is 6.92 Å². The SMILES string of the molecule is CCCCOC(=O)c1cc(OC(F)(F)F)ccc1S(N)(=O)=O.[LiH]. The van der Waals surface area contributed by atoms with Gasteiger partial charge in [-0.1, -0.05) is 13.3 Å². The third kappa shape index (κ3) is 7.26. The van der Waals surface area contributed by atoms with Crippen LogP contribution < -0.4 is 9.88 Å². The third-order valence-electron chi connectivity index (χ3n) is 2.44. The first kappa shape index (κ1) is 21.8. The minimum absolute atomic E-state index is 0. The van der Waals surface area contributed by atoms with E-state index in [2.05, 4.69) is 4.74 Å². The summed E-state index contributed by atoms with van der Waals surface area (Å²) in [6, 6.07) is 2.13. The number of benzene rings is 1. The monoisotopic (exact) mass is 349 g/mol. The first-order valence-electron chi connectivity index (χ1n) is 6.14. The van der Waals surface area contributed by atoms with Gasteiger partial charge in [0.15, 0.2) is 0 Å². The number of primary sulfonamides is 1. The number of hydrogen-bond donors (Lipinski definition) is 1. The van der Waals surface area contributed by atoms with Crippen LogP contribution in [-0.2, 0) is 14.8 Å². The normalized spacial score (nSPS) is 11.5. The number of rotatable bonds is 6. The fraction of sp³-hybridized carbons (Fsp3) is 0.417. The molecule has 0 spiro atoms. The molecule has 0 aliphatic rings. The number of nitrogens with two attached hydrogens (primary N) is 1. The summed E-state index contributed by atoms with van der Waals surface area (Å²) in [5.74, 6) is -1.84. The van der Waals surface area contributed by atoms with Gasteiger partial charge in [0.05, 0.1) is 17.1 Å². The molecule has 0 atom stereocenters. The van der Waals surface area contributed by atoms with E-state index in [1.54, 1.807) is 0 Å². The van der Waals surface area contributed by atoms with E-state index >= 15 is 0 Å². The molecule has 0 radical (unpaired) electrons. The molecule has 0 heterocycles. The molecule has 11 heteroatoms. The van der Waals surface area contributed by atoms with Gasteiger partial charge in [0, 0.05) is 0 Å². The van der Waals surface area contributed by atoms with E-state index in [-0.39, 0.29) is 25.5 Å². The number of ether oxygens (including phenoxy) is 2. The number of hydrogen-bond acceptors (Lipinski definition) is 5. The predicted molar refractivity (Wildman–Crippen MR) is 76.8 cm³/mol. The average molecular weight is 349 g/mol. The van der Waals surface area contributed by atoms with Crippen LogP contribution in [0.5, 0.6) is 5.75 Å². The Bertz CT molecular complexity index is 649. The molecule has 0 aliphatic carbocycles. The predicted octanol–water partition coefficient (Wildman–Crippen LogP) is 1.54. The third-order valence-corrected chi connectivity index (χ3v) is 3.41. The number of carbonyl (C=O) groups is 1. The van der Waals surface area contributed by atoms with Crippen molar-refractivity contribution < 1.29 is 35.9 Å². The second-order valence-corrected chi connectivity index (χ2v) is 5.77. The standard InChI is InChI=1S/C12H14F3NO5S.Li.H/c1-2-3-6-20-11(17)9-7-8(21-12(13,14)15)4-5-10(9)22(16,18)19;;/h4-5,7H,2-3,6H2,1H3,(H2,16,18,19);;. The summed E-state index contributed by atoms with van der Waals surface area (Å²) >= 11 is 0. The molecule has 6 nitrogen and oxygen atoms in total. The van der Waals surface area contributed by atoms with E-state index in [0.717, 1.165) is 12.1 Å². The van der Waals surface area contributed by atoms with Crippen molar-refractivity contribution in [3.8, 4) is 5.75 Å². The van der Waals surface area contributed by atoms with Gasteiger partial charge in [-0.05, 0) is 24.6 Å². The summed E-state index contributed by atoms with van der Waals surface area (Å²) in [6.45, 7) is 1.84. The van der Waals surface area contributed by atoms with Crippen molar-refractivity contribution in [1.82, 2.24) is 0 Å². The second kappa shape index (κ2) is 8.59. The Morgan fingerprint density at radius 2 is 1.91 bits per heavy atom. The molecule has 0 aliphatic heterocycles. The molecule has 0 saturated heterocycles. The van der Waals surface area contributed by atoms with Crippen LogP contribution in [0.4, 0.5) is 13.2 Å². The van der Waals surface area contributed by atoms with Gasteiger partial charge >= 0.3 is 31.2 Å². The molecule has 1 rings (SSSR count). The van der Waals surface area contributed by atoms with Crippen molar-refractivity contribution in [2.45, 2.75) is 31.0 Å². The fourth-order valence-corrected chi connectivity index (χ4v) is 2.21. The van der Waals surface area contributed by atoms with Gasteiger partial charge in [-0.3, -0.25) is 0 Å². The molecule has 0 bridgehead atoms. The van der Waals surface area contributed by atoms with Crippen molar-refractivity contribution in [2.75, 3.05) is 6.61 Å². The summed E-state index contributed by atoms with van der Waals surface area (Å²) < 4.78 is 67.7. The van der Waals surface area contributed by atoms with Crippen molar-refractivity contribution >= 4 is 34.9 Å². The van der Waals surface area contributed by atoms with Gasteiger partial charge in [0.2, 0.25) is 10.0 Å². The van der Waals surface area contributed by atoms with Crippen molar-refractivity contribution in [3.63, 3.8) is 0 Å². The maximum absolute atomic E-state index is 12.2. The summed E-state index contributed by atoms with van der Waals surface area (Å²) in [4.78, 5) is 11.2. The topological polar surface area (TPSA) is 95.7 Å². The Balaban J connectivity index is 0.00000484. The Morgan fingerprint density at radius 1 is 1.30 bits per heavy atom. The van der Waals surface area contributed by atoms with E-state index in [1.165, 1.54) is 0 Å². The zero-order valence-corrected chi connectivity index (χ0v) is 12.3. The van der Waals surface area contributed by atoms with Crippen LogP contribution >= 0.6 is 0 Å². The first-order valence-corrected chi connectivity index (χ1v) is 7.69. The number of carbonyl (C=O) groups excluding carboxylic acids is 1. The van der Waals surface area contributed by atoms with Gasteiger partial charge in [0.25, 0.3) is 0 Å². The van der Waals surface area contributed by atoms with Crippen molar-refractivity contribution in [1.29, 1.82) is 0 Å². The first-order chi connectivity index (χ1) is 10.0. The Hall–Kier alpha value is -1.21. The van der Waals surface area contributed by atoms with E-state index in [0.29, 0.717) is 18.9 Å². The summed E-state index contributed by atoms with van der Waals surface area (Å²) in [5.41, 5.74) is -0.611. The van der Waals surface area contributed by atoms with Crippen LogP contribution in [0.3, 0.4) is 0 Å². The average Bonchev–Trinajstić information content (AvgIpc) is 2.35. The molecule has 1 aromatic rings. The minimum atomic E-state index is -4.98. The van der Waals surface area contributed by atoms with Gasteiger partial charge in [-0.2, -0.15) is 0 Å². The van der Waals surface area contributed by atoms with E-state index in [9.17, 15) is 26.4 Å². The van der Waals surface area contributed by atoms with Crippen LogP contribution in [0.25, 0.3) is 0 Å². The van der Waals surface area contributed by atoms with Crippen LogP contribution in [0.1, 0.15) is 30.1 Å². The van der Waals surface area contributed by atoms with E-state index < -0.39 is 38.6 Å². The zero-order chi connectivity index (χ0) is 17.0. The fourth-order valence-electron chi connectivity index (χ4n) is 1.50. The quantitative estimate of drug-likeness (QED) is 0.477. The van der Waals surface area contributed by atoms with Crippen LogP contribution in [0.15, 0.2) is 23.1 Å². The molecule has 0 amide bonds. The second-order valence-electron chi connectivity index (χ2n) is 4.24. The summed E-state index contributed by atoms with van der Waals surface area (Å²) in [7, 11) is -4.31. The number of esters is 1. The Labute approximate surface area is 143 Å². The molecule has 0 fully saturated rings. The van der Waals surface area contributed by atoms with Crippen LogP contribution in [0, 0.1) is 0 Å². The molecule has 0 aromatic heterocycles. The van der Waals surface area contributed by atoms with Crippen molar-refractivity contribution in [3.05, 3.63) is 23.8 Å². The molecular formula is C12H15F3LiNO5S. The summed E-state index contributed by atoms with van der Waals surface area (Å²) in [5, 5.41) is 4.93. The number of sulfonamides is 1. The van der Waals surface area contributed by atoms with Gasteiger partial charge in [-0.15, -0.1) is 13.2 Å². The van der Waals surface area contributed by atoms with Gasteiger partial charge < -0.3 is 9.47 Å². The molecule has 1 aromatic carbocycles. The molecule has 126 valence electrons. The number of alkyl halides is 3. The zero-order valence-electron chi connectivity index (χ0n) is 11.5. The molecular weight excluding hydrogens is 334 g/mol. The number of unbranched alkanes of at least 4 members (excludes halogenated alkanes) is 1. The van der Waals surface area contributed by atoms with Crippen LogP contribution in [-0.4, -0.2) is 46.2 Å². The molecule has 0 saturated carbocycles. The van der Waals surface area contributed by atoms with Gasteiger partial charge in [0.1, 0.15) is 5.75 Å². The molecule has 23 heavy (non-hydrogen) atoms. The molecule has 2 N–H and O–H groups in total. The van der Waals surface area contributed by atoms with E-state index in [4.69, 9.17) is 9.88 Å². The van der Waals surface area contributed by atoms with Gasteiger partial charge in [-0.25, -0.2) is 18.4 Å². The number of halogens is 3. The Morgan fingerprint density at radius 3 is 2.39 bits per heavy atom.